The lowest BCUT2D eigenvalue weighted by Gasteiger charge is -2.22. The Balaban J connectivity index is 2.03. The molecular weight excluding hydrogens is 363 g/mol. The van der Waals surface area contributed by atoms with Crippen LogP contribution in [0, 0.1) is 17.5 Å². The highest BCUT2D eigenvalue weighted by molar-refractivity contribution is 6.32. The van der Waals surface area contributed by atoms with Gasteiger partial charge in [-0.3, -0.25) is 4.40 Å². The molecule has 0 aliphatic heterocycles. The molecular formula is C19H17ClF3N3. The zero-order valence-electron chi connectivity index (χ0n) is 14.0. The minimum atomic E-state index is -0.986. The average Bonchev–Trinajstić information content (AvgIpc) is 2.87. The number of rotatable bonds is 2. The van der Waals surface area contributed by atoms with E-state index in [0.29, 0.717) is 23.6 Å². The second kappa shape index (κ2) is 6.91. The van der Waals surface area contributed by atoms with E-state index in [0.717, 1.165) is 38.5 Å². The van der Waals surface area contributed by atoms with Crippen molar-refractivity contribution in [3.05, 3.63) is 52.8 Å². The molecule has 2 aromatic heterocycles. The summed E-state index contributed by atoms with van der Waals surface area (Å²) in [6.07, 6.45) is 9.44. The Morgan fingerprint density at radius 3 is 2.27 bits per heavy atom. The molecule has 3 nitrogen and oxygen atoms in total. The van der Waals surface area contributed by atoms with Crippen molar-refractivity contribution >= 4 is 17.4 Å². The van der Waals surface area contributed by atoms with Crippen LogP contribution in [0.15, 0.2) is 24.5 Å². The third-order valence-electron chi connectivity index (χ3n) is 5.04. The van der Waals surface area contributed by atoms with Crippen LogP contribution in [0.25, 0.3) is 16.9 Å². The third-order valence-corrected chi connectivity index (χ3v) is 5.31. The summed E-state index contributed by atoms with van der Waals surface area (Å²) in [6, 6.07) is 1.34. The van der Waals surface area contributed by atoms with Gasteiger partial charge in [0.15, 0.2) is 0 Å². The Morgan fingerprint density at radius 2 is 1.62 bits per heavy atom. The van der Waals surface area contributed by atoms with Crippen molar-refractivity contribution in [2.45, 2.75) is 44.4 Å². The SMILES string of the molecule is Fc1cc(F)c(-c2c(Cl)nc3nccn3c2C2CCCCCC2)c(F)c1. The van der Waals surface area contributed by atoms with Gasteiger partial charge in [0.2, 0.25) is 5.78 Å². The van der Waals surface area contributed by atoms with E-state index < -0.39 is 17.5 Å². The first-order valence-electron chi connectivity index (χ1n) is 8.73. The van der Waals surface area contributed by atoms with E-state index in [1.165, 1.54) is 0 Å². The van der Waals surface area contributed by atoms with E-state index in [1.807, 2.05) is 0 Å². The zero-order chi connectivity index (χ0) is 18.3. The minimum Gasteiger partial charge on any atom is -0.287 e. The van der Waals surface area contributed by atoms with Gasteiger partial charge in [0.25, 0.3) is 0 Å². The summed E-state index contributed by atoms with van der Waals surface area (Å²) in [6.45, 7) is 0. The summed E-state index contributed by atoms with van der Waals surface area (Å²) < 4.78 is 44.2. The number of aromatic nitrogens is 3. The molecule has 0 unspecified atom stereocenters. The normalized spacial score (nSPS) is 16.2. The molecule has 0 N–H and O–H groups in total. The van der Waals surface area contributed by atoms with Crippen molar-refractivity contribution in [2.75, 3.05) is 0 Å². The number of benzene rings is 1. The van der Waals surface area contributed by atoms with Crippen molar-refractivity contribution < 1.29 is 13.2 Å². The van der Waals surface area contributed by atoms with Crippen molar-refractivity contribution in [3.8, 4) is 11.1 Å². The lowest BCUT2D eigenvalue weighted by atomic mass is 9.90. The molecule has 4 rings (SSSR count). The Labute approximate surface area is 153 Å². The van der Waals surface area contributed by atoms with Crippen molar-refractivity contribution in [1.29, 1.82) is 0 Å². The second-order valence-corrected chi connectivity index (χ2v) is 7.05. The maximum atomic E-state index is 14.5. The summed E-state index contributed by atoms with van der Waals surface area (Å²) in [5, 5.41) is -0.0210. The van der Waals surface area contributed by atoms with E-state index in [-0.39, 0.29) is 22.2 Å². The molecule has 0 saturated heterocycles. The molecule has 0 atom stereocenters. The molecule has 0 amide bonds. The molecule has 1 aliphatic carbocycles. The topological polar surface area (TPSA) is 30.2 Å². The van der Waals surface area contributed by atoms with Crippen molar-refractivity contribution in [2.24, 2.45) is 0 Å². The minimum absolute atomic E-state index is 0.0210. The first-order chi connectivity index (χ1) is 12.6. The van der Waals surface area contributed by atoms with Crippen LogP contribution in [0.5, 0.6) is 0 Å². The highest BCUT2D eigenvalue weighted by atomic mass is 35.5. The van der Waals surface area contributed by atoms with E-state index in [1.54, 1.807) is 16.8 Å². The fourth-order valence-electron chi connectivity index (χ4n) is 3.90. The fourth-order valence-corrected chi connectivity index (χ4v) is 4.17. The van der Waals surface area contributed by atoms with Gasteiger partial charge in [0, 0.05) is 41.7 Å². The molecule has 3 aromatic rings. The molecule has 2 heterocycles. The van der Waals surface area contributed by atoms with E-state index >= 15 is 0 Å². The van der Waals surface area contributed by atoms with Crippen LogP contribution in [-0.2, 0) is 0 Å². The number of hydrogen-bond acceptors (Lipinski definition) is 2. The van der Waals surface area contributed by atoms with Gasteiger partial charge in [-0.2, -0.15) is 4.98 Å². The fraction of sp³-hybridized carbons (Fsp3) is 0.368. The number of hydrogen-bond donors (Lipinski definition) is 0. The van der Waals surface area contributed by atoms with Crippen LogP contribution < -0.4 is 0 Å². The molecule has 0 bridgehead atoms. The summed E-state index contributed by atoms with van der Waals surface area (Å²) in [7, 11) is 0. The molecule has 1 aromatic carbocycles. The Hall–Kier alpha value is -2.08. The second-order valence-electron chi connectivity index (χ2n) is 6.69. The quantitative estimate of drug-likeness (QED) is 0.409. The number of nitrogens with zero attached hydrogens (tertiary/aromatic N) is 3. The molecule has 7 heteroatoms. The number of imidazole rings is 1. The number of fused-ring (bicyclic) bond motifs is 1. The first kappa shape index (κ1) is 17.3. The van der Waals surface area contributed by atoms with E-state index in [9.17, 15) is 13.2 Å². The Bertz CT molecular complexity index is 939. The van der Waals surface area contributed by atoms with Gasteiger partial charge in [-0.25, -0.2) is 18.2 Å². The summed E-state index contributed by atoms with van der Waals surface area (Å²) >= 11 is 6.35. The zero-order valence-corrected chi connectivity index (χ0v) is 14.7. The Morgan fingerprint density at radius 1 is 0.962 bits per heavy atom. The standard InChI is InChI=1S/C19H17ClF3N3/c20-18-16(15-13(22)9-12(21)10-14(15)23)17(11-5-3-1-2-4-6-11)26-8-7-24-19(26)25-18/h7-11H,1-6H2. The molecule has 1 saturated carbocycles. The van der Waals surface area contributed by atoms with Gasteiger partial charge >= 0.3 is 0 Å². The monoisotopic (exact) mass is 379 g/mol. The van der Waals surface area contributed by atoms with E-state index in [4.69, 9.17) is 11.6 Å². The highest BCUT2D eigenvalue weighted by Crippen LogP contribution is 2.42. The number of halogens is 4. The molecule has 1 aliphatic rings. The highest BCUT2D eigenvalue weighted by Gasteiger charge is 2.28. The molecule has 1 fully saturated rings. The largest absolute Gasteiger partial charge is 0.287 e. The van der Waals surface area contributed by atoms with Crippen LogP contribution in [0.3, 0.4) is 0 Å². The third kappa shape index (κ3) is 2.96. The molecule has 136 valence electrons. The van der Waals surface area contributed by atoms with Gasteiger partial charge in [0.05, 0.1) is 5.56 Å². The molecule has 0 radical (unpaired) electrons. The molecule has 26 heavy (non-hydrogen) atoms. The van der Waals surface area contributed by atoms with Crippen LogP contribution >= 0.6 is 11.6 Å². The average molecular weight is 380 g/mol. The van der Waals surface area contributed by atoms with Crippen LogP contribution in [0.2, 0.25) is 5.15 Å². The van der Waals surface area contributed by atoms with Crippen LogP contribution in [-0.4, -0.2) is 14.4 Å². The lowest BCUT2D eigenvalue weighted by molar-refractivity contribution is 0.544. The predicted octanol–water partition coefficient (Wildman–Crippen LogP) is 5.90. The summed E-state index contributed by atoms with van der Waals surface area (Å²) in [4.78, 5) is 8.36. The summed E-state index contributed by atoms with van der Waals surface area (Å²) in [5.74, 6) is -2.47. The van der Waals surface area contributed by atoms with Gasteiger partial charge in [-0.15, -0.1) is 0 Å². The van der Waals surface area contributed by atoms with Gasteiger partial charge < -0.3 is 0 Å². The van der Waals surface area contributed by atoms with E-state index in [2.05, 4.69) is 9.97 Å². The van der Waals surface area contributed by atoms with Gasteiger partial charge in [0.1, 0.15) is 22.6 Å². The lowest BCUT2D eigenvalue weighted by Crippen LogP contribution is -2.10. The maximum absolute atomic E-state index is 14.5. The van der Waals surface area contributed by atoms with Gasteiger partial charge in [-0.05, 0) is 12.8 Å². The predicted molar refractivity (Wildman–Crippen MR) is 93.8 cm³/mol. The smallest absolute Gasteiger partial charge is 0.235 e. The van der Waals surface area contributed by atoms with Crippen molar-refractivity contribution in [3.63, 3.8) is 0 Å². The Kier molecular flexibility index (Phi) is 4.61. The van der Waals surface area contributed by atoms with Crippen LogP contribution in [0.4, 0.5) is 13.2 Å². The van der Waals surface area contributed by atoms with Gasteiger partial charge in [-0.1, -0.05) is 37.3 Å². The first-order valence-corrected chi connectivity index (χ1v) is 9.11. The maximum Gasteiger partial charge on any atom is 0.235 e. The van der Waals surface area contributed by atoms with Crippen molar-refractivity contribution in [1.82, 2.24) is 14.4 Å². The summed E-state index contributed by atoms with van der Waals surface area (Å²) in [5.41, 5.74) is 0.557. The molecule has 0 spiro atoms. The van der Waals surface area contributed by atoms with Crippen LogP contribution in [0.1, 0.15) is 50.1 Å².